The molecule has 4 saturated heterocycles. The quantitative estimate of drug-likeness (QED) is 0.0398. The number of piperidine rings is 2. The lowest BCUT2D eigenvalue weighted by molar-refractivity contribution is -0.138. The minimum Gasteiger partial charge on any atom is -0.372 e. The summed E-state index contributed by atoms with van der Waals surface area (Å²) >= 11 is 0. The highest BCUT2D eigenvalue weighted by molar-refractivity contribution is 6.09. The van der Waals surface area contributed by atoms with Crippen LogP contribution >= 0.6 is 0 Å². The second-order valence-corrected chi connectivity index (χ2v) is 27.6. The average Bonchev–Trinajstić information content (AvgIpc) is 0.798. The molecule has 4 aliphatic heterocycles. The van der Waals surface area contributed by atoms with E-state index in [1.54, 1.807) is 97.5 Å². The zero-order valence-electron chi connectivity index (χ0n) is 61.3. The van der Waals surface area contributed by atoms with E-state index < -0.39 is 47.1 Å². The minimum absolute atomic E-state index is 0.0645. The molecule has 0 unspecified atom stereocenters. The molecule has 0 aliphatic carbocycles. The van der Waals surface area contributed by atoms with Gasteiger partial charge in [-0.05, 0) is 171 Å². The number of anilines is 4. The van der Waals surface area contributed by atoms with Crippen molar-refractivity contribution < 1.29 is 59.9 Å². The molecular formula is C82H90F6N14O7. The predicted octanol–water partition coefficient (Wildman–Crippen LogP) is 12.1. The number of hydrogen-bond acceptors (Lipinski definition) is 14. The van der Waals surface area contributed by atoms with Crippen molar-refractivity contribution >= 4 is 64.1 Å². The largest absolute Gasteiger partial charge is 0.416 e. The first-order valence-corrected chi connectivity index (χ1v) is 36.7. The number of benzene rings is 6. The van der Waals surface area contributed by atoms with Crippen LogP contribution < -0.4 is 36.4 Å². The molecule has 8 aromatic rings. The third kappa shape index (κ3) is 21.7. The normalized spacial score (nSPS) is 15.0. The Labute approximate surface area is 630 Å². The summed E-state index contributed by atoms with van der Waals surface area (Å²) in [5, 5.41) is 14.7. The SMILES string of the molecule is CC(=O)N1CCN(CCN(C)C(=O)c2cccc(C(=O)Nc3ccc(N4CCCCC4)cc3-c3cc(C(=O)NCc4cccc(C(F)(F)F)c4)ccn3)c2)CC1.CN(CCN1CCNCC1)C(=O)c1cccc(C(=O)Nc2ccc(N3CCCCC3)cc2-c2cc(C(=O)NCc3cccc(C(F)(F)F)c3)ccn2)c1. The fourth-order valence-electron chi connectivity index (χ4n) is 13.5. The van der Waals surface area contributed by atoms with Crippen molar-refractivity contribution in [1.29, 1.82) is 0 Å². The number of likely N-dealkylation sites (N-methyl/N-ethyl adjacent to an activating group) is 2. The summed E-state index contributed by atoms with van der Waals surface area (Å²) in [5.41, 5.74) is 5.74. The van der Waals surface area contributed by atoms with Crippen molar-refractivity contribution in [3.63, 3.8) is 0 Å². The van der Waals surface area contributed by atoms with Gasteiger partial charge in [0.25, 0.3) is 35.4 Å². The molecule has 6 heterocycles. The monoisotopic (exact) mass is 1500 g/mol. The standard InChI is InChI=1S/C42H46F3N7O4.C40H44F3N7O3/c1-29(53)51-22-20-50(21-23-51)19-18-49(2)41(56)33-10-7-9-31(25-33)40(55)48-37-13-12-35(52-16-4-3-5-17-52)27-36(37)38-26-32(14-15-46-38)39(54)47-28-30-8-6-11-34(24-30)42(43,44)45;1-48(21-22-49-19-15-44-16-20-49)39(53)31-9-6-8-29(24-31)38(52)47-35-12-11-33(50-17-3-2-4-18-50)26-34(35)36-25-30(13-14-45-36)37(51)46-27-28-7-5-10-32(23-28)40(41,42)43/h6-15,24-27H,3-5,16-23,28H2,1-2H3,(H,47,54)(H,48,55);5-14,23-26,44H,2-4,15-22,27H2,1H3,(H,46,51)(H,47,52). The van der Waals surface area contributed by atoms with E-state index in [0.717, 1.165) is 146 Å². The Morgan fingerprint density at radius 3 is 1.24 bits per heavy atom. The molecule has 0 atom stereocenters. The molecule has 5 N–H and O–H groups in total. The summed E-state index contributed by atoms with van der Waals surface area (Å²) in [6, 6.07) is 40.4. The molecule has 0 saturated carbocycles. The predicted molar refractivity (Wildman–Crippen MR) is 407 cm³/mol. The summed E-state index contributed by atoms with van der Waals surface area (Å²) < 4.78 is 79.3. The van der Waals surface area contributed by atoms with E-state index in [1.807, 2.05) is 35.2 Å². The Morgan fingerprint density at radius 1 is 0.431 bits per heavy atom. The van der Waals surface area contributed by atoms with Gasteiger partial charge in [0.1, 0.15) is 0 Å². The number of alkyl halides is 6. The number of halogens is 6. The fourth-order valence-corrected chi connectivity index (χ4v) is 13.5. The average molecular weight is 1500 g/mol. The maximum atomic E-state index is 13.8. The van der Waals surface area contributed by atoms with Gasteiger partial charge in [0.2, 0.25) is 5.91 Å². The van der Waals surface area contributed by atoms with E-state index in [4.69, 9.17) is 0 Å². The van der Waals surface area contributed by atoms with E-state index in [1.165, 1.54) is 48.8 Å². The lowest BCUT2D eigenvalue weighted by atomic mass is 10.0. The van der Waals surface area contributed by atoms with Crippen LogP contribution in [0.4, 0.5) is 49.1 Å². The first kappa shape index (κ1) is 79.0. The van der Waals surface area contributed by atoms with Crippen molar-refractivity contribution in [3.8, 4) is 22.5 Å². The van der Waals surface area contributed by atoms with Crippen LogP contribution in [0.25, 0.3) is 22.5 Å². The van der Waals surface area contributed by atoms with Gasteiger partial charge in [-0.3, -0.25) is 53.3 Å². The summed E-state index contributed by atoms with van der Waals surface area (Å²) in [4.78, 5) is 116. The van der Waals surface area contributed by atoms with Gasteiger partial charge in [-0.25, -0.2) is 0 Å². The number of nitrogens with zero attached hydrogens (tertiary/aromatic N) is 9. The molecule has 4 aliphatic rings. The highest BCUT2D eigenvalue weighted by Gasteiger charge is 2.32. The van der Waals surface area contributed by atoms with Crippen LogP contribution in [0.15, 0.2) is 170 Å². The number of pyridine rings is 2. The zero-order valence-corrected chi connectivity index (χ0v) is 61.3. The molecule has 12 rings (SSSR count). The molecule has 572 valence electrons. The Morgan fingerprint density at radius 2 is 0.826 bits per heavy atom. The molecule has 0 bridgehead atoms. The summed E-state index contributed by atoms with van der Waals surface area (Å²) in [7, 11) is 3.49. The molecule has 4 fully saturated rings. The number of amides is 7. The number of hydrogen-bond donors (Lipinski definition) is 5. The second-order valence-electron chi connectivity index (χ2n) is 27.6. The van der Waals surface area contributed by atoms with Gasteiger partial charge in [0.15, 0.2) is 0 Å². The second kappa shape index (κ2) is 36.7. The van der Waals surface area contributed by atoms with Crippen molar-refractivity contribution in [3.05, 3.63) is 226 Å². The molecule has 0 spiro atoms. The van der Waals surface area contributed by atoms with Crippen LogP contribution in [0.2, 0.25) is 0 Å². The molecule has 6 aromatic carbocycles. The van der Waals surface area contributed by atoms with Gasteiger partial charge >= 0.3 is 12.4 Å². The number of nitrogens with one attached hydrogen (secondary N) is 5. The van der Waals surface area contributed by atoms with Gasteiger partial charge in [0.05, 0.1) is 33.9 Å². The van der Waals surface area contributed by atoms with Gasteiger partial charge in [0, 0.05) is 207 Å². The molecule has 109 heavy (non-hydrogen) atoms. The molecule has 27 heteroatoms. The first-order chi connectivity index (χ1) is 52.4. The van der Waals surface area contributed by atoms with E-state index in [0.29, 0.717) is 94.4 Å². The fraction of sp³-hybridized carbons (Fsp3) is 0.354. The summed E-state index contributed by atoms with van der Waals surface area (Å²) in [5.74, 6) is -2.16. The highest BCUT2D eigenvalue weighted by atomic mass is 19.4. The van der Waals surface area contributed by atoms with Crippen LogP contribution in [0.5, 0.6) is 0 Å². The van der Waals surface area contributed by atoms with Crippen LogP contribution in [0.3, 0.4) is 0 Å². The van der Waals surface area contributed by atoms with Crippen LogP contribution in [-0.4, -0.2) is 195 Å². The number of rotatable bonds is 22. The van der Waals surface area contributed by atoms with E-state index in [-0.39, 0.29) is 47.5 Å². The van der Waals surface area contributed by atoms with E-state index in [9.17, 15) is 59.9 Å². The Bertz CT molecular complexity index is 4550. The highest BCUT2D eigenvalue weighted by Crippen LogP contribution is 2.37. The number of aromatic nitrogens is 2. The Balaban J connectivity index is 0.000000217. The Hall–Kier alpha value is -11.0. The van der Waals surface area contributed by atoms with Crippen LogP contribution in [0.1, 0.15) is 130 Å². The molecular weight excluding hydrogens is 1410 g/mol. The third-order valence-corrected chi connectivity index (χ3v) is 19.9. The topological polar surface area (TPSA) is 228 Å². The van der Waals surface area contributed by atoms with E-state index in [2.05, 4.69) is 56.2 Å². The molecule has 0 radical (unpaired) electrons. The third-order valence-electron chi connectivity index (χ3n) is 19.9. The van der Waals surface area contributed by atoms with Crippen molar-refractivity contribution in [1.82, 2.24) is 50.4 Å². The van der Waals surface area contributed by atoms with Crippen LogP contribution in [0, 0.1) is 0 Å². The van der Waals surface area contributed by atoms with Gasteiger partial charge in [-0.15, -0.1) is 0 Å². The van der Waals surface area contributed by atoms with Gasteiger partial charge in [-0.2, -0.15) is 26.3 Å². The van der Waals surface area contributed by atoms with Gasteiger partial charge in [-0.1, -0.05) is 36.4 Å². The lowest BCUT2D eigenvalue weighted by Gasteiger charge is -2.34. The molecule has 21 nitrogen and oxygen atoms in total. The number of carbonyl (C=O) groups is 7. The Kier molecular flexibility index (Phi) is 26.6. The van der Waals surface area contributed by atoms with Gasteiger partial charge < -0.3 is 51.1 Å². The number of piperazine rings is 2. The summed E-state index contributed by atoms with van der Waals surface area (Å²) in [6.45, 7) is 13.9. The maximum absolute atomic E-state index is 13.8. The van der Waals surface area contributed by atoms with Crippen molar-refractivity contribution in [2.24, 2.45) is 0 Å². The van der Waals surface area contributed by atoms with Crippen LogP contribution in [-0.2, 0) is 30.2 Å². The zero-order chi connectivity index (χ0) is 77.2. The van der Waals surface area contributed by atoms with Crippen molar-refractivity contribution in [2.45, 2.75) is 70.9 Å². The summed E-state index contributed by atoms with van der Waals surface area (Å²) in [6.07, 6.45) is 0.512. The first-order valence-electron chi connectivity index (χ1n) is 36.7. The van der Waals surface area contributed by atoms with Crippen molar-refractivity contribution in [2.75, 3.05) is 139 Å². The number of carbonyl (C=O) groups excluding carboxylic acids is 7. The van der Waals surface area contributed by atoms with E-state index >= 15 is 0 Å². The molecule has 2 aromatic heterocycles. The minimum atomic E-state index is -4.50. The lowest BCUT2D eigenvalue weighted by Crippen LogP contribution is -2.49. The maximum Gasteiger partial charge on any atom is 0.416 e. The molecule has 7 amide bonds. The smallest absolute Gasteiger partial charge is 0.372 e.